The number of carbonyl (C=O) groups is 1. The summed E-state index contributed by atoms with van der Waals surface area (Å²) in [7, 11) is 0. The Balaban J connectivity index is 1.41. The molecule has 7 heteroatoms. The molecule has 0 saturated carbocycles. The Kier molecular flexibility index (Phi) is 5.93. The number of pyridine rings is 1. The highest BCUT2D eigenvalue weighted by Crippen LogP contribution is 2.33. The SMILES string of the molecule is O=C(NCc1ccccc1)c1cnc(N2CCc3ccccc32)nc1NCc1ccncc1. The summed E-state index contributed by atoms with van der Waals surface area (Å²) >= 11 is 0. The van der Waals surface area contributed by atoms with E-state index in [0.29, 0.717) is 30.4 Å². The molecule has 0 bridgehead atoms. The zero-order chi connectivity index (χ0) is 22.5. The molecule has 1 aliphatic rings. The Morgan fingerprint density at radius 3 is 2.52 bits per heavy atom. The zero-order valence-electron chi connectivity index (χ0n) is 18.1. The van der Waals surface area contributed by atoms with Gasteiger partial charge in [-0.05, 0) is 41.3 Å². The monoisotopic (exact) mass is 436 g/mol. The normalized spacial score (nSPS) is 12.3. The predicted molar refractivity (Wildman–Crippen MR) is 128 cm³/mol. The molecule has 0 unspecified atom stereocenters. The number of para-hydroxylation sites is 1. The number of amides is 1. The van der Waals surface area contributed by atoms with Crippen LogP contribution >= 0.6 is 0 Å². The number of anilines is 3. The smallest absolute Gasteiger partial charge is 0.256 e. The first kappa shape index (κ1) is 20.6. The Labute approximate surface area is 192 Å². The van der Waals surface area contributed by atoms with Crippen molar-refractivity contribution in [2.24, 2.45) is 0 Å². The van der Waals surface area contributed by atoms with Crippen molar-refractivity contribution in [3.8, 4) is 0 Å². The summed E-state index contributed by atoms with van der Waals surface area (Å²) in [6.07, 6.45) is 6.05. The van der Waals surface area contributed by atoms with Crippen LogP contribution in [0.5, 0.6) is 0 Å². The van der Waals surface area contributed by atoms with E-state index in [2.05, 4.69) is 37.6 Å². The highest BCUT2D eigenvalue weighted by Gasteiger charge is 2.24. The minimum atomic E-state index is -0.218. The van der Waals surface area contributed by atoms with Gasteiger partial charge in [-0.25, -0.2) is 4.98 Å². The second kappa shape index (κ2) is 9.48. The highest BCUT2D eigenvalue weighted by molar-refractivity contribution is 5.98. The maximum absolute atomic E-state index is 13.0. The number of hydrogen-bond acceptors (Lipinski definition) is 6. The summed E-state index contributed by atoms with van der Waals surface area (Å²) in [6.45, 7) is 1.77. The van der Waals surface area contributed by atoms with E-state index in [1.807, 2.05) is 54.6 Å². The number of hydrogen-bond donors (Lipinski definition) is 2. The summed E-state index contributed by atoms with van der Waals surface area (Å²) in [4.78, 5) is 28.5. The Morgan fingerprint density at radius 1 is 0.909 bits per heavy atom. The molecule has 2 aromatic carbocycles. The molecule has 2 N–H and O–H groups in total. The maximum Gasteiger partial charge on any atom is 0.256 e. The number of rotatable bonds is 7. The van der Waals surface area contributed by atoms with Crippen LogP contribution in [0.2, 0.25) is 0 Å². The lowest BCUT2D eigenvalue weighted by molar-refractivity contribution is 0.0951. The molecule has 5 rings (SSSR count). The fourth-order valence-electron chi connectivity index (χ4n) is 3.91. The number of nitrogens with one attached hydrogen (secondary N) is 2. The van der Waals surface area contributed by atoms with E-state index < -0.39 is 0 Å². The lowest BCUT2D eigenvalue weighted by Crippen LogP contribution is -2.25. The van der Waals surface area contributed by atoms with Gasteiger partial charge in [-0.15, -0.1) is 0 Å². The molecule has 4 aromatic rings. The first-order valence-electron chi connectivity index (χ1n) is 11.0. The van der Waals surface area contributed by atoms with E-state index in [4.69, 9.17) is 4.98 Å². The van der Waals surface area contributed by atoms with E-state index in [0.717, 1.165) is 29.8 Å². The summed E-state index contributed by atoms with van der Waals surface area (Å²) in [5, 5.41) is 6.31. The summed E-state index contributed by atoms with van der Waals surface area (Å²) < 4.78 is 0. The molecule has 0 aliphatic carbocycles. The minimum absolute atomic E-state index is 0.218. The van der Waals surface area contributed by atoms with Crippen LogP contribution in [0.4, 0.5) is 17.5 Å². The number of fused-ring (bicyclic) bond motifs is 1. The zero-order valence-corrected chi connectivity index (χ0v) is 18.1. The van der Waals surface area contributed by atoms with E-state index in [9.17, 15) is 4.79 Å². The first-order chi connectivity index (χ1) is 16.3. The van der Waals surface area contributed by atoms with Crippen molar-refractivity contribution in [3.63, 3.8) is 0 Å². The molecule has 0 radical (unpaired) electrons. The van der Waals surface area contributed by atoms with Crippen molar-refractivity contribution in [1.82, 2.24) is 20.3 Å². The van der Waals surface area contributed by atoms with Gasteiger partial charge in [-0.2, -0.15) is 4.98 Å². The molecule has 164 valence electrons. The van der Waals surface area contributed by atoms with Crippen molar-refractivity contribution in [2.75, 3.05) is 16.8 Å². The summed E-state index contributed by atoms with van der Waals surface area (Å²) in [6, 6.07) is 22.0. The maximum atomic E-state index is 13.0. The molecule has 0 spiro atoms. The topological polar surface area (TPSA) is 83.0 Å². The van der Waals surface area contributed by atoms with Gasteiger partial charge < -0.3 is 15.5 Å². The molecular formula is C26H24N6O. The van der Waals surface area contributed by atoms with Gasteiger partial charge in [0.25, 0.3) is 5.91 Å². The van der Waals surface area contributed by atoms with Crippen molar-refractivity contribution in [3.05, 3.63) is 108 Å². The lowest BCUT2D eigenvalue weighted by Gasteiger charge is -2.19. The fraction of sp³-hybridized carbons (Fsp3) is 0.154. The fourth-order valence-corrected chi connectivity index (χ4v) is 3.91. The Morgan fingerprint density at radius 2 is 1.67 bits per heavy atom. The Bertz CT molecular complexity index is 1250. The Hall–Kier alpha value is -4.26. The molecule has 0 atom stereocenters. The van der Waals surface area contributed by atoms with Crippen molar-refractivity contribution in [1.29, 1.82) is 0 Å². The number of aromatic nitrogens is 3. The van der Waals surface area contributed by atoms with Gasteiger partial charge in [0.1, 0.15) is 11.4 Å². The summed E-state index contributed by atoms with van der Waals surface area (Å²) in [5.74, 6) is 0.869. The third-order valence-electron chi connectivity index (χ3n) is 5.65. The van der Waals surface area contributed by atoms with Crippen molar-refractivity contribution < 1.29 is 4.79 Å². The molecule has 3 heterocycles. The van der Waals surface area contributed by atoms with Crippen LogP contribution in [0.3, 0.4) is 0 Å². The summed E-state index contributed by atoms with van der Waals surface area (Å²) in [5.41, 5.74) is 4.88. The van der Waals surface area contributed by atoms with Crippen LogP contribution in [-0.2, 0) is 19.5 Å². The second-order valence-corrected chi connectivity index (χ2v) is 7.84. The van der Waals surface area contributed by atoms with Gasteiger partial charge in [-0.1, -0.05) is 48.5 Å². The molecule has 0 fully saturated rings. The number of benzene rings is 2. The minimum Gasteiger partial charge on any atom is -0.365 e. The molecule has 2 aromatic heterocycles. The van der Waals surface area contributed by atoms with Gasteiger partial charge >= 0.3 is 0 Å². The number of nitrogens with zero attached hydrogens (tertiary/aromatic N) is 4. The standard InChI is InChI=1S/C26H24N6O/c33-25(29-17-19-6-2-1-3-7-19)22-18-30-26(32-15-12-21-8-4-5-9-23(21)32)31-24(22)28-16-20-10-13-27-14-11-20/h1-11,13-14,18H,12,15-17H2,(H,29,33)(H,28,30,31). The largest absolute Gasteiger partial charge is 0.365 e. The van der Waals surface area contributed by atoms with E-state index in [-0.39, 0.29) is 5.91 Å². The van der Waals surface area contributed by atoms with Crippen molar-refractivity contribution in [2.45, 2.75) is 19.5 Å². The van der Waals surface area contributed by atoms with Crippen LogP contribution in [0, 0.1) is 0 Å². The van der Waals surface area contributed by atoms with Crippen LogP contribution in [0.15, 0.2) is 85.3 Å². The van der Waals surface area contributed by atoms with E-state index in [1.165, 1.54) is 5.56 Å². The van der Waals surface area contributed by atoms with Crippen LogP contribution in [0.25, 0.3) is 0 Å². The van der Waals surface area contributed by atoms with E-state index in [1.54, 1.807) is 18.6 Å². The average molecular weight is 437 g/mol. The third kappa shape index (κ3) is 4.67. The van der Waals surface area contributed by atoms with Crippen LogP contribution < -0.4 is 15.5 Å². The second-order valence-electron chi connectivity index (χ2n) is 7.84. The van der Waals surface area contributed by atoms with Gasteiger partial charge in [0.2, 0.25) is 5.95 Å². The van der Waals surface area contributed by atoms with Gasteiger partial charge in [0.05, 0.1) is 0 Å². The first-order valence-corrected chi connectivity index (χ1v) is 11.0. The van der Waals surface area contributed by atoms with Gasteiger partial charge in [-0.3, -0.25) is 9.78 Å². The molecule has 7 nitrogen and oxygen atoms in total. The van der Waals surface area contributed by atoms with E-state index >= 15 is 0 Å². The molecule has 0 saturated heterocycles. The molecule has 33 heavy (non-hydrogen) atoms. The van der Waals surface area contributed by atoms with Gasteiger partial charge in [0.15, 0.2) is 0 Å². The number of carbonyl (C=O) groups excluding carboxylic acids is 1. The highest BCUT2D eigenvalue weighted by atomic mass is 16.1. The van der Waals surface area contributed by atoms with Gasteiger partial charge in [0, 0.05) is 43.9 Å². The van der Waals surface area contributed by atoms with Crippen LogP contribution in [-0.4, -0.2) is 27.4 Å². The third-order valence-corrected chi connectivity index (χ3v) is 5.65. The lowest BCUT2D eigenvalue weighted by atomic mass is 10.2. The molecule has 1 amide bonds. The van der Waals surface area contributed by atoms with Crippen molar-refractivity contribution >= 4 is 23.4 Å². The predicted octanol–water partition coefficient (Wildman–Crippen LogP) is 4.11. The van der Waals surface area contributed by atoms with Crippen LogP contribution in [0.1, 0.15) is 27.0 Å². The average Bonchev–Trinajstić information content (AvgIpc) is 3.31. The quantitative estimate of drug-likeness (QED) is 0.454. The molecule has 1 aliphatic heterocycles. The molecular weight excluding hydrogens is 412 g/mol.